The van der Waals surface area contributed by atoms with E-state index < -0.39 is 0 Å². The quantitative estimate of drug-likeness (QED) is 0.844. The molecule has 124 valence electrons. The van der Waals surface area contributed by atoms with Crippen molar-refractivity contribution in [1.29, 1.82) is 0 Å². The molecule has 0 bridgehead atoms. The van der Waals surface area contributed by atoms with Crippen molar-refractivity contribution < 1.29 is 9.53 Å². The van der Waals surface area contributed by atoms with E-state index in [4.69, 9.17) is 4.74 Å². The van der Waals surface area contributed by atoms with E-state index in [1.807, 2.05) is 45.0 Å². The molecule has 2 unspecified atom stereocenters. The summed E-state index contributed by atoms with van der Waals surface area (Å²) in [5, 5.41) is 6.37. The number of amides is 1. The molecule has 1 aliphatic heterocycles. The van der Waals surface area contributed by atoms with E-state index in [-0.39, 0.29) is 30.5 Å². The van der Waals surface area contributed by atoms with Gasteiger partial charge in [0, 0.05) is 6.42 Å². The van der Waals surface area contributed by atoms with Crippen LogP contribution in [0.15, 0.2) is 24.3 Å². The third-order valence-electron chi connectivity index (χ3n) is 3.74. The first-order valence-corrected chi connectivity index (χ1v) is 7.81. The lowest BCUT2D eigenvalue weighted by Gasteiger charge is -2.17. The van der Waals surface area contributed by atoms with Crippen LogP contribution in [-0.4, -0.2) is 25.1 Å². The zero-order valence-electron chi connectivity index (χ0n) is 13.6. The molecule has 0 radical (unpaired) electrons. The van der Waals surface area contributed by atoms with Gasteiger partial charge in [0.15, 0.2) is 0 Å². The number of benzene rings is 1. The molecule has 1 heterocycles. The van der Waals surface area contributed by atoms with Crippen molar-refractivity contribution in [3.8, 4) is 5.75 Å². The molecule has 1 fully saturated rings. The molecule has 0 spiro atoms. The second kappa shape index (κ2) is 9.01. The van der Waals surface area contributed by atoms with Crippen LogP contribution in [0.4, 0.5) is 0 Å². The standard InChI is InChI=1S/C17H26N2O2.ClH/c1-12(2)21-16-6-4-5-15(10-16)13(3)19-17(20)9-14-7-8-18-11-14;/h4-6,10,12-14,18H,7-9,11H2,1-3H3,(H,19,20);1H. The summed E-state index contributed by atoms with van der Waals surface area (Å²) in [5.74, 6) is 1.46. The maximum Gasteiger partial charge on any atom is 0.220 e. The third kappa shape index (κ3) is 5.85. The first-order chi connectivity index (χ1) is 10.0. The largest absolute Gasteiger partial charge is 0.491 e. The normalized spacial score (nSPS) is 18.6. The van der Waals surface area contributed by atoms with Gasteiger partial charge < -0.3 is 15.4 Å². The topological polar surface area (TPSA) is 50.4 Å². The molecule has 0 aliphatic carbocycles. The first-order valence-electron chi connectivity index (χ1n) is 7.81. The van der Waals surface area contributed by atoms with Crippen LogP contribution in [0.5, 0.6) is 5.75 Å². The van der Waals surface area contributed by atoms with Gasteiger partial charge in [0.05, 0.1) is 12.1 Å². The van der Waals surface area contributed by atoms with E-state index in [1.54, 1.807) is 0 Å². The Morgan fingerprint density at radius 2 is 2.18 bits per heavy atom. The van der Waals surface area contributed by atoms with Crippen molar-refractivity contribution in [3.63, 3.8) is 0 Å². The van der Waals surface area contributed by atoms with Crippen LogP contribution in [0.2, 0.25) is 0 Å². The van der Waals surface area contributed by atoms with Crippen molar-refractivity contribution >= 4 is 18.3 Å². The van der Waals surface area contributed by atoms with Crippen LogP contribution in [0.3, 0.4) is 0 Å². The van der Waals surface area contributed by atoms with Gasteiger partial charge in [-0.2, -0.15) is 0 Å². The van der Waals surface area contributed by atoms with E-state index in [9.17, 15) is 4.79 Å². The highest BCUT2D eigenvalue weighted by molar-refractivity contribution is 5.85. The van der Waals surface area contributed by atoms with Gasteiger partial charge in [-0.15, -0.1) is 12.4 Å². The predicted molar refractivity (Wildman–Crippen MR) is 91.6 cm³/mol. The summed E-state index contributed by atoms with van der Waals surface area (Å²) in [5.41, 5.74) is 1.08. The lowest BCUT2D eigenvalue weighted by Crippen LogP contribution is -2.28. The van der Waals surface area contributed by atoms with Gasteiger partial charge in [0.1, 0.15) is 5.75 Å². The Morgan fingerprint density at radius 3 is 2.82 bits per heavy atom. The van der Waals surface area contributed by atoms with E-state index in [0.717, 1.165) is 30.8 Å². The molecule has 22 heavy (non-hydrogen) atoms. The number of carbonyl (C=O) groups is 1. The molecule has 2 N–H and O–H groups in total. The smallest absolute Gasteiger partial charge is 0.220 e. The molecule has 0 aromatic heterocycles. The Balaban J connectivity index is 0.00000242. The fourth-order valence-electron chi connectivity index (χ4n) is 2.66. The van der Waals surface area contributed by atoms with Crippen molar-refractivity contribution in [1.82, 2.24) is 10.6 Å². The second-order valence-corrected chi connectivity index (χ2v) is 6.09. The summed E-state index contributed by atoms with van der Waals surface area (Å²) < 4.78 is 5.70. The van der Waals surface area contributed by atoms with Gasteiger partial charge in [-0.05, 0) is 63.9 Å². The number of hydrogen-bond acceptors (Lipinski definition) is 3. The third-order valence-corrected chi connectivity index (χ3v) is 3.74. The van der Waals surface area contributed by atoms with Crippen LogP contribution < -0.4 is 15.4 Å². The summed E-state index contributed by atoms with van der Waals surface area (Å²) in [4.78, 5) is 12.1. The monoisotopic (exact) mass is 326 g/mol. The van der Waals surface area contributed by atoms with Gasteiger partial charge in [-0.25, -0.2) is 0 Å². The van der Waals surface area contributed by atoms with Gasteiger partial charge in [-0.1, -0.05) is 12.1 Å². The Hall–Kier alpha value is -1.26. The van der Waals surface area contributed by atoms with Crippen LogP contribution in [0.1, 0.15) is 45.2 Å². The Bertz CT molecular complexity index is 473. The molecule has 5 heteroatoms. The molecule has 4 nitrogen and oxygen atoms in total. The van der Waals surface area contributed by atoms with Crippen molar-refractivity contribution in [2.75, 3.05) is 13.1 Å². The Kier molecular flexibility index (Phi) is 7.69. The van der Waals surface area contributed by atoms with E-state index in [1.165, 1.54) is 0 Å². The van der Waals surface area contributed by atoms with Gasteiger partial charge in [0.2, 0.25) is 5.91 Å². The highest BCUT2D eigenvalue weighted by Gasteiger charge is 2.19. The molecule has 1 aliphatic rings. The summed E-state index contributed by atoms with van der Waals surface area (Å²) in [7, 11) is 0. The number of rotatable bonds is 6. The molecule has 1 aromatic carbocycles. The van der Waals surface area contributed by atoms with Crippen molar-refractivity contribution in [2.45, 2.75) is 45.8 Å². The lowest BCUT2D eigenvalue weighted by atomic mass is 10.0. The lowest BCUT2D eigenvalue weighted by molar-refractivity contribution is -0.122. The highest BCUT2D eigenvalue weighted by Crippen LogP contribution is 2.21. The molecule has 0 saturated carbocycles. The van der Waals surface area contributed by atoms with Gasteiger partial charge in [0.25, 0.3) is 0 Å². The summed E-state index contributed by atoms with van der Waals surface area (Å²) in [6.07, 6.45) is 1.86. The average Bonchev–Trinajstić information content (AvgIpc) is 2.90. The average molecular weight is 327 g/mol. The molecule has 2 rings (SSSR count). The number of ether oxygens (including phenoxy) is 1. The van der Waals surface area contributed by atoms with E-state index in [0.29, 0.717) is 12.3 Å². The number of hydrogen-bond donors (Lipinski definition) is 2. The predicted octanol–water partition coefficient (Wildman–Crippen LogP) is 3.07. The van der Waals surface area contributed by atoms with Gasteiger partial charge in [-0.3, -0.25) is 4.79 Å². The molecular weight excluding hydrogens is 300 g/mol. The van der Waals surface area contributed by atoms with Crippen LogP contribution >= 0.6 is 12.4 Å². The summed E-state index contributed by atoms with van der Waals surface area (Å²) >= 11 is 0. The summed E-state index contributed by atoms with van der Waals surface area (Å²) in [6.45, 7) is 8.02. The zero-order chi connectivity index (χ0) is 15.2. The molecule has 2 atom stereocenters. The minimum atomic E-state index is 0. The molecule has 1 aromatic rings. The number of carbonyl (C=O) groups excluding carboxylic acids is 1. The van der Waals surface area contributed by atoms with Gasteiger partial charge >= 0.3 is 0 Å². The Labute approximate surface area is 139 Å². The maximum absolute atomic E-state index is 12.1. The second-order valence-electron chi connectivity index (χ2n) is 6.09. The number of nitrogens with one attached hydrogen (secondary N) is 2. The molecular formula is C17H27ClN2O2. The van der Waals surface area contributed by atoms with Crippen LogP contribution in [0.25, 0.3) is 0 Å². The highest BCUT2D eigenvalue weighted by atomic mass is 35.5. The van der Waals surface area contributed by atoms with E-state index >= 15 is 0 Å². The molecule has 1 amide bonds. The fraction of sp³-hybridized carbons (Fsp3) is 0.588. The van der Waals surface area contributed by atoms with Crippen molar-refractivity contribution in [2.24, 2.45) is 5.92 Å². The molecule has 1 saturated heterocycles. The first kappa shape index (κ1) is 18.8. The summed E-state index contributed by atoms with van der Waals surface area (Å²) in [6, 6.07) is 7.94. The SMILES string of the molecule is CC(C)Oc1cccc(C(C)NC(=O)CC2CCNC2)c1.Cl. The van der Waals surface area contributed by atoms with Crippen molar-refractivity contribution in [3.05, 3.63) is 29.8 Å². The maximum atomic E-state index is 12.1. The Morgan fingerprint density at radius 1 is 1.41 bits per heavy atom. The van der Waals surface area contributed by atoms with Crippen LogP contribution in [-0.2, 0) is 4.79 Å². The minimum absolute atomic E-state index is 0. The zero-order valence-corrected chi connectivity index (χ0v) is 14.4. The minimum Gasteiger partial charge on any atom is -0.491 e. The van der Waals surface area contributed by atoms with Crippen LogP contribution in [0, 0.1) is 5.92 Å². The number of halogens is 1. The van der Waals surface area contributed by atoms with E-state index in [2.05, 4.69) is 10.6 Å². The fourth-order valence-corrected chi connectivity index (χ4v) is 2.66.